The van der Waals surface area contributed by atoms with Crippen LogP contribution in [-0.4, -0.2) is 41.0 Å². The normalized spacial score (nSPS) is 19.8. The monoisotopic (exact) mass is 354 g/mol. The van der Waals surface area contributed by atoms with Crippen LogP contribution in [-0.2, 0) is 11.2 Å². The summed E-state index contributed by atoms with van der Waals surface area (Å²) in [5.41, 5.74) is 3.92. The summed E-state index contributed by atoms with van der Waals surface area (Å²) < 4.78 is 4.97. The highest BCUT2D eigenvalue weighted by Gasteiger charge is 2.33. The van der Waals surface area contributed by atoms with Crippen molar-refractivity contribution in [3.63, 3.8) is 0 Å². The Morgan fingerprint density at radius 2 is 1.73 bits per heavy atom. The van der Waals surface area contributed by atoms with Crippen LogP contribution >= 0.6 is 0 Å². The average molecular weight is 354 g/mol. The van der Waals surface area contributed by atoms with Gasteiger partial charge < -0.3 is 10.1 Å². The number of rotatable bonds is 4. The van der Waals surface area contributed by atoms with Crippen LogP contribution < -0.4 is 5.32 Å². The van der Waals surface area contributed by atoms with Gasteiger partial charge in [-0.05, 0) is 42.2 Å². The number of carbonyl (C=O) groups excluding carboxylic acids is 2. The minimum Gasteiger partial charge on any atom is -0.443 e. The standard InChI is InChI=1S/C20H22N2O4/c1-3-14-4-6-15(7-5-14)16-8-10-17(11-9-16)19(23)21-18-12-22(25)20(24)26-13(18)2/h4-11,13,18,25H,3,12H2,1-2H3,(H,21,23)/t13-,18-/m1/s1. The van der Waals surface area contributed by atoms with E-state index in [4.69, 9.17) is 4.74 Å². The van der Waals surface area contributed by atoms with Crippen molar-refractivity contribution in [2.24, 2.45) is 0 Å². The smallest absolute Gasteiger partial charge is 0.434 e. The molecule has 1 fully saturated rings. The molecular weight excluding hydrogens is 332 g/mol. The van der Waals surface area contributed by atoms with Gasteiger partial charge in [-0.25, -0.2) is 4.79 Å². The van der Waals surface area contributed by atoms with E-state index in [2.05, 4.69) is 36.5 Å². The van der Waals surface area contributed by atoms with E-state index in [9.17, 15) is 14.8 Å². The molecule has 1 heterocycles. The lowest BCUT2D eigenvalue weighted by Gasteiger charge is -2.33. The summed E-state index contributed by atoms with van der Waals surface area (Å²) >= 11 is 0. The fourth-order valence-corrected chi connectivity index (χ4v) is 2.87. The number of carbonyl (C=O) groups is 2. The number of hydrogen-bond acceptors (Lipinski definition) is 4. The van der Waals surface area contributed by atoms with Gasteiger partial charge in [-0.2, -0.15) is 5.06 Å². The summed E-state index contributed by atoms with van der Waals surface area (Å²) in [5, 5.41) is 12.7. The van der Waals surface area contributed by atoms with Crippen molar-refractivity contribution in [1.29, 1.82) is 0 Å². The summed E-state index contributed by atoms with van der Waals surface area (Å²) in [6.45, 7) is 3.79. The number of nitrogens with zero attached hydrogens (tertiary/aromatic N) is 1. The van der Waals surface area contributed by atoms with Gasteiger partial charge in [0, 0.05) is 5.56 Å². The van der Waals surface area contributed by atoms with E-state index in [1.165, 1.54) is 5.56 Å². The Bertz CT molecular complexity index is 786. The maximum absolute atomic E-state index is 12.4. The molecule has 0 saturated carbocycles. The van der Waals surface area contributed by atoms with E-state index < -0.39 is 18.2 Å². The highest BCUT2D eigenvalue weighted by Crippen LogP contribution is 2.21. The molecule has 2 aromatic rings. The predicted molar refractivity (Wildman–Crippen MR) is 96.9 cm³/mol. The molecular formula is C20H22N2O4. The van der Waals surface area contributed by atoms with Crippen LogP contribution in [0.2, 0.25) is 0 Å². The second-order valence-corrected chi connectivity index (χ2v) is 6.38. The molecule has 2 N–H and O–H groups in total. The molecule has 0 spiro atoms. The zero-order valence-corrected chi connectivity index (χ0v) is 14.8. The first-order valence-electron chi connectivity index (χ1n) is 8.65. The van der Waals surface area contributed by atoms with Gasteiger partial charge in [-0.15, -0.1) is 0 Å². The number of amides is 2. The number of ether oxygens (including phenoxy) is 1. The number of cyclic esters (lactones) is 1. The Morgan fingerprint density at radius 3 is 2.31 bits per heavy atom. The zero-order chi connectivity index (χ0) is 18.7. The third-order valence-electron chi connectivity index (χ3n) is 4.59. The Labute approximate surface area is 152 Å². The summed E-state index contributed by atoms with van der Waals surface area (Å²) in [7, 11) is 0. The van der Waals surface area contributed by atoms with Gasteiger partial charge in [-0.1, -0.05) is 43.3 Å². The summed E-state index contributed by atoms with van der Waals surface area (Å²) in [4.78, 5) is 23.7. The summed E-state index contributed by atoms with van der Waals surface area (Å²) in [5.74, 6) is -0.277. The molecule has 0 radical (unpaired) electrons. The van der Waals surface area contributed by atoms with Crippen molar-refractivity contribution in [2.45, 2.75) is 32.4 Å². The van der Waals surface area contributed by atoms with E-state index >= 15 is 0 Å². The summed E-state index contributed by atoms with van der Waals surface area (Å²) in [6, 6.07) is 15.2. The number of hydrogen-bond donors (Lipinski definition) is 2. The molecule has 0 aromatic heterocycles. The van der Waals surface area contributed by atoms with Crippen LogP contribution in [0.25, 0.3) is 11.1 Å². The van der Waals surface area contributed by atoms with E-state index in [1.807, 2.05) is 12.1 Å². The first-order chi connectivity index (χ1) is 12.5. The Morgan fingerprint density at radius 1 is 1.15 bits per heavy atom. The highest BCUT2D eigenvalue weighted by atomic mass is 16.6. The maximum atomic E-state index is 12.4. The van der Waals surface area contributed by atoms with Crippen LogP contribution in [0.15, 0.2) is 48.5 Å². The largest absolute Gasteiger partial charge is 0.443 e. The van der Waals surface area contributed by atoms with Gasteiger partial charge in [0.15, 0.2) is 0 Å². The van der Waals surface area contributed by atoms with Gasteiger partial charge in [0.1, 0.15) is 6.10 Å². The van der Waals surface area contributed by atoms with Crippen molar-refractivity contribution in [2.75, 3.05) is 6.54 Å². The fourth-order valence-electron chi connectivity index (χ4n) is 2.87. The first-order valence-corrected chi connectivity index (χ1v) is 8.65. The fraction of sp³-hybridized carbons (Fsp3) is 0.300. The van der Waals surface area contributed by atoms with Crippen LogP contribution in [0.3, 0.4) is 0 Å². The molecule has 1 saturated heterocycles. The van der Waals surface area contributed by atoms with Crippen molar-refractivity contribution >= 4 is 12.0 Å². The molecule has 0 aliphatic carbocycles. The number of aryl methyl sites for hydroxylation is 1. The highest BCUT2D eigenvalue weighted by molar-refractivity contribution is 5.95. The topological polar surface area (TPSA) is 78.9 Å². The Kier molecular flexibility index (Phi) is 5.23. The van der Waals surface area contributed by atoms with Gasteiger partial charge in [0.2, 0.25) is 0 Å². The SMILES string of the molecule is CCc1ccc(-c2ccc(C(=O)N[C@@H]3CN(O)C(=O)O[C@@H]3C)cc2)cc1. The average Bonchev–Trinajstić information content (AvgIpc) is 2.66. The van der Waals surface area contributed by atoms with Crippen LogP contribution in [0.5, 0.6) is 0 Å². The van der Waals surface area contributed by atoms with Gasteiger partial charge in [-0.3, -0.25) is 10.0 Å². The van der Waals surface area contributed by atoms with E-state index in [-0.39, 0.29) is 12.5 Å². The van der Waals surface area contributed by atoms with Crippen molar-refractivity contribution in [3.05, 3.63) is 59.7 Å². The van der Waals surface area contributed by atoms with Crippen molar-refractivity contribution < 1.29 is 19.5 Å². The molecule has 136 valence electrons. The van der Waals surface area contributed by atoms with Gasteiger partial charge in [0.25, 0.3) is 5.91 Å². The third kappa shape index (κ3) is 3.86. The quantitative estimate of drug-likeness (QED) is 0.826. The third-order valence-corrected chi connectivity index (χ3v) is 4.59. The molecule has 2 atom stereocenters. The zero-order valence-electron chi connectivity index (χ0n) is 14.8. The molecule has 2 amide bonds. The minimum absolute atomic E-state index is 0.00635. The second kappa shape index (κ2) is 7.58. The molecule has 3 rings (SSSR count). The first kappa shape index (κ1) is 17.9. The lowest BCUT2D eigenvalue weighted by atomic mass is 10.0. The van der Waals surface area contributed by atoms with Crippen LogP contribution in [0.4, 0.5) is 4.79 Å². The number of nitrogens with one attached hydrogen (secondary N) is 1. The molecule has 2 aromatic carbocycles. The lowest BCUT2D eigenvalue weighted by molar-refractivity contribution is -0.120. The second-order valence-electron chi connectivity index (χ2n) is 6.38. The number of benzene rings is 2. The molecule has 26 heavy (non-hydrogen) atoms. The minimum atomic E-state index is -0.804. The molecule has 6 nitrogen and oxygen atoms in total. The Balaban J connectivity index is 1.67. The molecule has 1 aliphatic rings. The Hall–Kier alpha value is -2.86. The molecule has 0 unspecified atom stereocenters. The van der Waals surface area contributed by atoms with Crippen molar-refractivity contribution in [3.8, 4) is 11.1 Å². The van der Waals surface area contributed by atoms with Gasteiger partial charge in [0.05, 0.1) is 12.6 Å². The lowest BCUT2D eigenvalue weighted by Crippen LogP contribution is -2.56. The van der Waals surface area contributed by atoms with Crippen LogP contribution in [0, 0.1) is 0 Å². The maximum Gasteiger partial charge on any atom is 0.434 e. The summed E-state index contributed by atoms with van der Waals surface area (Å²) in [6.07, 6.45) is -0.313. The van der Waals surface area contributed by atoms with Gasteiger partial charge >= 0.3 is 6.09 Å². The molecule has 0 bridgehead atoms. The van der Waals surface area contributed by atoms with Crippen molar-refractivity contribution in [1.82, 2.24) is 10.4 Å². The van der Waals surface area contributed by atoms with E-state index in [0.29, 0.717) is 10.6 Å². The predicted octanol–water partition coefficient (Wildman–Crippen LogP) is 3.24. The molecule has 6 heteroatoms. The van der Waals surface area contributed by atoms with Crippen LogP contribution in [0.1, 0.15) is 29.8 Å². The number of hydroxylamine groups is 2. The van der Waals surface area contributed by atoms with E-state index in [0.717, 1.165) is 17.5 Å². The molecule has 1 aliphatic heterocycles. The van der Waals surface area contributed by atoms with E-state index in [1.54, 1.807) is 19.1 Å².